The Kier molecular flexibility index (Phi) is 4.38. The van der Waals surface area contributed by atoms with Crippen LogP contribution >= 0.6 is 11.8 Å². The van der Waals surface area contributed by atoms with Crippen molar-refractivity contribution >= 4 is 33.9 Å². The molecule has 1 amide bonds. The van der Waals surface area contributed by atoms with Gasteiger partial charge in [0.2, 0.25) is 5.91 Å². The van der Waals surface area contributed by atoms with Crippen LogP contribution in [0.15, 0.2) is 68.8 Å². The molecule has 6 nitrogen and oxygen atoms in total. The maximum absolute atomic E-state index is 12.6. The van der Waals surface area contributed by atoms with Gasteiger partial charge in [0.15, 0.2) is 10.8 Å². The highest BCUT2D eigenvalue weighted by Crippen LogP contribution is 2.29. The van der Waals surface area contributed by atoms with Crippen molar-refractivity contribution in [1.29, 1.82) is 0 Å². The van der Waals surface area contributed by atoms with Crippen molar-refractivity contribution in [2.24, 2.45) is 4.99 Å². The van der Waals surface area contributed by atoms with E-state index in [1.165, 1.54) is 16.3 Å². The molecule has 0 fully saturated rings. The summed E-state index contributed by atoms with van der Waals surface area (Å²) >= 11 is 1.50. The molecule has 2 atom stereocenters. The first-order valence-electron chi connectivity index (χ1n) is 8.30. The molecule has 0 radical (unpaired) electrons. The van der Waals surface area contributed by atoms with Crippen molar-refractivity contribution in [2.75, 3.05) is 5.75 Å². The minimum absolute atomic E-state index is 0.0317. The molecule has 7 heteroatoms. The lowest BCUT2D eigenvalue weighted by atomic mass is 10.1. The number of para-hydroxylation sites is 2. The predicted molar refractivity (Wildman–Crippen MR) is 102 cm³/mol. The first kappa shape index (κ1) is 16.7. The number of oxazole rings is 1. The zero-order chi connectivity index (χ0) is 18.1. The number of amidine groups is 1. The maximum Gasteiger partial charge on any atom is 0.420 e. The van der Waals surface area contributed by atoms with Gasteiger partial charge in [0.1, 0.15) is 6.04 Å². The number of benzene rings is 2. The molecule has 0 aliphatic carbocycles. The van der Waals surface area contributed by atoms with E-state index >= 15 is 0 Å². The van der Waals surface area contributed by atoms with E-state index in [4.69, 9.17) is 4.42 Å². The van der Waals surface area contributed by atoms with Crippen LogP contribution < -0.4 is 11.1 Å². The molecule has 0 bridgehead atoms. The molecule has 2 heterocycles. The van der Waals surface area contributed by atoms with Crippen LogP contribution in [0.4, 0.5) is 0 Å². The van der Waals surface area contributed by atoms with Crippen molar-refractivity contribution < 1.29 is 9.21 Å². The fourth-order valence-electron chi connectivity index (χ4n) is 2.97. The summed E-state index contributed by atoms with van der Waals surface area (Å²) in [5, 5.41) is 3.41. The number of thioether (sulfide) groups is 1. The van der Waals surface area contributed by atoms with E-state index in [-0.39, 0.29) is 11.9 Å². The first-order valence-corrected chi connectivity index (χ1v) is 9.28. The van der Waals surface area contributed by atoms with E-state index < -0.39 is 11.8 Å². The fourth-order valence-corrected chi connectivity index (χ4v) is 3.92. The summed E-state index contributed by atoms with van der Waals surface area (Å²) in [6, 6.07) is 16.4. The summed E-state index contributed by atoms with van der Waals surface area (Å²) in [5.41, 5.74) is 2.19. The van der Waals surface area contributed by atoms with Crippen LogP contribution in [0.1, 0.15) is 24.6 Å². The van der Waals surface area contributed by atoms with Gasteiger partial charge in [0.25, 0.3) is 0 Å². The van der Waals surface area contributed by atoms with Crippen LogP contribution in [-0.4, -0.2) is 21.4 Å². The molecule has 26 heavy (non-hydrogen) atoms. The molecule has 0 saturated heterocycles. The Labute approximate surface area is 153 Å². The highest BCUT2D eigenvalue weighted by Gasteiger charge is 2.25. The van der Waals surface area contributed by atoms with Crippen molar-refractivity contribution in [3.63, 3.8) is 0 Å². The van der Waals surface area contributed by atoms with Crippen LogP contribution in [0, 0.1) is 0 Å². The number of nitrogens with zero attached hydrogens (tertiary/aromatic N) is 2. The van der Waals surface area contributed by atoms with Gasteiger partial charge in [-0.2, -0.15) is 0 Å². The normalized spacial score (nSPS) is 17.9. The summed E-state index contributed by atoms with van der Waals surface area (Å²) in [4.78, 5) is 29.4. The van der Waals surface area contributed by atoms with Crippen molar-refractivity contribution in [1.82, 2.24) is 9.88 Å². The number of fused-ring (bicyclic) bond motifs is 1. The van der Waals surface area contributed by atoms with Crippen LogP contribution in [0.2, 0.25) is 0 Å². The monoisotopic (exact) mass is 367 g/mol. The summed E-state index contributed by atoms with van der Waals surface area (Å²) < 4.78 is 6.57. The number of rotatable bonds is 3. The second kappa shape index (κ2) is 6.84. The fraction of sp³-hybridized carbons (Fsp3) is 0.211. The molecular weight excluding hydrogens is 350 g/mol. The molecule has 0 spiro atoms. The Morgan fingerprint density at radius 3 is 2.77 bits per heavy atom. The second-order valence-electron chi connectivity index (χ2n) is 6.04. The molecule has 132 valence electrons. The SMILES string of the molecule is CC(C(=O)NC1=NC(c2ccccc2)CS1)n1c(=O)oc2ccccc21. The van der Waals surface area contributed by atoms with Crippen molar-refractivity contribution in [3.05, 3.63) is 70.7 Å². The van der Waals surface area contributed by atoms with Crippen molar-refractivity contribution in [2.45, 2.75) is 19.0 Å². The van der Waals surface area contributed by atoms with E-state index in [9.17, 15) is 9.59 Å². The molecule has 2 unspecified atom stereocenters. The predicted octanol–water partition coefficient (Wildman–Crippen LogP) is 3.12. The van der Waals surface area contributed by atoms with Crippen LogP contribution in [0.25, 0.3) is 11.1 Å². The van der Waals surface area contributed by atoms with E-state index in [0.29, 0.717) is 16.3 Å². The Morgan fingerprint density at radius 2 is 1.96 bits per heavy atom. The van der Waals surface area contributed by atoms with E-state index in [0.717, 1.165) is 11.3 Å². The number of carbonyl (C=O) groups is 1. The van der Waals surface area contributed by atoms with Crippen LogP contribution in [-0.2, 0) is 4.79 Å². The summed E-state index contributed by atoms with van der Waals surface area (Å²) in [5.74, 6) is -0.0570. The van der Waals surface area contributed by atoms with Gasteiger partial charge in [0, 0.05) is 5.75 Å². The number of hydrogen-bond donors (Lipinski definition) is 1. The molecule has 1 aliphatic rings. The molecular formula is C19H17N3O3S. The molecule has 1 N–H and O–H groups in total. The molecule has 0 saturated carbocycles. The third-order valence-electron chi connectivity index (χ3n) is 4.35. The zero-order valence-corrected chi connectivity index (χ0v) is 14.9. The van der Waals surface area contributed by atoms with Gasteiger partial charge in [-0.1, -0.05) is 54.2 Å². The van der Waals surface area contributed by atoms with Gasteiger partial charge in [-0.15, -0.1) is 0 Å². The number of amides is 1. The minimum atomic E-state index is -0.703. The van der Waals surface area contributed by atoms with Crippen LogP contribution in [0.5, 0.6) is 0 Å². The third-order valence-corrected chi connectivity index (χ3v) is 5.31. The molecule has 2 aromatic carbocycles. The number of aromatic nitrogens is 1. The number of nitrogens with one attached hydrogen (secondary N) is 1. The zero-order valence-electron chi connectivity index (χ0n) is 14.1. The van der Waals surface area contributed by atoms with Gasteiger partial charge in [-0.05, 0) is 24.6 Å². The Bertz CT molecular complexity index is 1040. The van der Waals surface area contributed by atoms with Crippen molar-refractivity contribution in [3.8, 4) is 0 Å². The Balaban J connectivity index is 1.53. The lowest BCUT2D eigenvalue weighted by Gasteiger charge is -2.12. The molecule has 1 aliphatic heterocycles. The van der Waals surface area contributed by atoms with E-state index in [2.05, 4.69) is 10.3 Å². The smallest absolute Gasteiger partial charge is 0.408 e. The van der Waals surface area contributed by atoms with Gasteiger partial charge in [-0.3, -0.25) is 14.4 Å². The maximum atomic E-state index is 12.6. The average Bonchev–Trinajstić information content (AvgIpc) is 3.25. The Hall–Kier alpha value is -2.80. The number of aliphatic imine (C=N–C) groups is 1. The topological polar surface area (TPSA) is 76.6 Å². The third kappa shape index (κ3) is 3.06. The van der Waals surface area contributed by atoms with Crippen LogP contribution in [0.3, 0.4) is 0 Å². The highest BCUT2D eigenvalue weighted by molar-refractivity contribution is 8.14. The molecule has 4 rings (SSSR count). The number of carbonyl (C=O) groups excluding carboxylic acids is 1. The summed E-state index contributed by atoms with van der Waals surface area (Å²) in [6.45, 7) is 1.67. The Morgan fingerprint density at radius 1 is 1.23 bits per heavy atom. The molecule has 1 aromatic heterocycles. The summed E-state index contributed by atoms with van der Waals surface area (Å²) in [6.07, 6.45) is 0. The molecule has 3 aromatic rings. The summed E-state index contributed by atoms with van der Waals surface area (Å²) in [7, 11) is 0. The standard InChI is InChI=1S/C19H17N3O3S/c1-12(22-15-9-5-6-10-16(15)25-19(22)24)17(23)21-18-20-14(11-26-18)13-7-3-2-4-8-13/h2-10,12,14H,11H2,1H3,(H,20,21,23). The van der Waals surface area contributed by atoms with E-state index in [1.807, 2.05) is 30.3 Å². The quantitative estimate of drug-likeness (QED) is 0.772. The number of hydrogen-bond acceptors (Lipinski definition) is 5. The van der Waals surface area contributed by atoms with Gasteiger partial charge in [0.05, 0.1) is 11.6 Å². The van der Waals surface area contributed by atoms with Gasteiger partial charge >= 0.3 is 5.76 Å². The second-order valence-corrected chi connectivity index (χ2v) is 7.05. The largest absolute Gasteiger partial charge is 0.420 e. The lowest BCUT2D eigenvalue weighted by molar-refractivity contribution is -0.122. The van der Waals surface area contributed by atoms with Gasteiger partial charge in [-0.25, -0.2) is 4.79 Å². The average molecular weight is 367 g/mol. The minimum Gasteiger partial charge on any atom is -0.408 e. The van der Waals surface area contributed by atoms with Gasteiger partial charge < -0.3 is 9.73 Å². The first-order chi connectivity index (χ1) is 12.6. The van der Waals surface area contributed by atoms with E-state index in [1.54, 1.807) is 31.2 Å². The highest BCUT2D eigenvalue weighted by atomic mass is 32.2. The lowest BCUT2D eigenvalue weighted by Crippen LogP contribution is -2.36.